The second-order valence-electron chi connectivity index (χ2n) is 30.7. The Hall–Kier alpha value is -13.1. The van der Waals surface area contributed by atoms with Crippen molar-refractivity contribution >= 4 is 5.78 Å². The van der Waals surface area contributed by atoms with Crippen LogP contribution in [0.3, 0.4) is 0 Å². The summed E-state index contributed by atoms with van der Waals surface area (Å²) in [7, 11) is 1.92. The molecule has 0 unspecified atom stereocenters. The number of aromatic nitrogens is 24. The van der Waals surface area contributed by atoms with Gasteiger partial charge in [0.25, 0.3) is 5.78 Å². The summed E-state index contributed by atoms with van der Waals surface area (Å²) in [6.45, 7) is 18.2. The standard InChI is InChI=1S/C17H22N3.C14H7F5NO2.C12H8F2NO.C12H14N3.C11H6F2N.2C9H8N3.C8H4F3N4.C6H4N5.5Ir/c1-16(2,3)13-7-8-18-14(9-13)12-10-19-15(20-11-12)17(4,5)6;15-9-2-1-8(10-5-7(6-21)3-4-20-10)12(16)11(9)13(22)14(17,18)19;13-9-1-2-10(11(14)6-9)12-5-8(7-16)3-4-15-12;1-3-7-11-13-12(15(2)14-11)10-8-5-4-6-9-10;12-8-4-5-9(10(13)7-8)11-3-1-2-6-14-11;2*1-7-6-9(12-11-7)8-4-2-3-5-10-8;9-8(10,11)7-13-6(14-15-7)5-3-1-2-4-12-5;1-2-4-7-5(3-1)6-8-10-11-9-6;;;;;/h7-10H,1-6H3;2-5,21H,6H2;1,3-6,16H,7H2;4-6,8H,3,7H2,1-2H3;1-4,6-7H;2*2-6H,1H3;1-4H;1-4H;;;;;/q9*-1;;;;;. The van der Waals surface area contributed by atoms with Crippen LogP contribution >= 0.6 is 0 Å². The largest absolute Gasteiger partial charge is 0.574 e. The van der Waals surface area contributed by atoms with Gasteiger partial charge in [-0.25, -0.2) is 0 Å². The average molecular weight is 2830 g/mol. The van der Waals surface area contributed by atoms with Gasteiger partial charge >= 0.3 is 12.4 Å². The number of pyridine rings is 8. The molecule has 0 saturated heterocycles. The van der Waals surface area contributed by atoms with Crippen molar-refractivity contribution in [2.24, 2.45) is 7.05 Å². The number of ketones is 1. The van der Waals surface area contributed by atoms with Crippen LogP contribution in [-0.2, 0) is 144 Å². The van der Waals surface area contributed by atoms with Crippen LogP contribution in [0.2, 0.25) is 0 Å². The maximum absolute atomic E-state index is 14.1. The molecule has 0 atom stereocenters. The Morgan fingerprint density at radius 3 is 1.33 bits per heavy atom. The van der Waals surface area contributed by atoms with Crippen LogP contribution in [-0.4, -0.2) is 123 Å². The molecule has 0 aliphatic carbocycles. The van der Waals surface area contributed by atoms with Crippen LogP contribution in [0.1, 0.15) is 111 Å². The summed E-state index contributed by atoms with van der Waals surface area (Å²) < 4.78 is 155. The van der Waals surface area contributed by atoms with Gasteiger partial charge in [-0.05, 0) is 155 Å². The first-order chi connectivity index (χ1) is 65.5. The van der Waals surface area contributed by atoms with Gasteiger partial charge in [0, 0.05) is 221 Å². The first kappa shape index (κ1) is 119. The van der Waals surface area contributed by atoms with Gasteiger partial charge < -0.3 is 75.7 Å². The number of aliphatic hydroxyl groups excluding tert-OH is 2. The van der Waals surface area contributed by atoms with Crippen LogP contribution < -0.4 is 20.4 Å². The van der Waals surface area contributed by atoms with E-state index < -0.39 is 76.6 Å². The molecular formula is C98H81F12Ir5N24O3-9. The van der Waals surface area contributed by atoms with Gasteiger partial charge in [0.15, 0.2) is 0 Å². The van der Waals surface area contributed by atoms with Crippen molar-refractivity contribution in [1.29, 1.82) is 0 Å². The molecule has 4 aromatic carbocycles. The predicted molar refractivity (Wildman–Crippen MR) is 479 cm³/mol. The summed E-state index contributed by atoms with van der Waals surface area (Å²) in [5.74, 6) is -6.99. The van der Waals surface area contributed by atoms with E-state index in [-0.39, 0.29) is 146 Å². The van der Waals surface area contributed by atoms with Crippen LogP contribution in [0.15, 0.2) is 250 Å². The van der Waals surface area contributed by atoms with Crippen molar-refractivity contribution in [2.75, 3.05) is 0 Å². The molecule has 0 aliphatic rings. The zero-order valence-corrected chi connectivity index (χ0v) is 88.2. The van der Waals surface area contributed by atoms with Crippen LogP contribution in [0.4, 0.5) is 52.7 Å². The zero-order chi connectivity index (χ0) is 98.8. The second-order valence-corrected chi connectivity index (χ2v) is 30.7. The number of tetrazole rings is 1. The van der Waals surface area contributed by atoms with Crippen LogP contribution in [0.25, 0.3) is 102 Å². The summed E-state index contributed by atoms with van der Waals surface area (Å²) >= 11 is 0. The van der Waals surface area contributed by atoms with E-state index in [1.165, 1.54) is 48.4 Å². The first-order valence-electron chi connectivity index (χ1n) is 41.1. The minimum absolute atomic E-state index is 0. The smallest absolute Gasteiger partial charge is 0.453 e. The normalized spacial score (nSPS) is 10.5. The minimum atomic E-state index is -5.42. The van der Waals surface area contributed by atoms with Crippen molar-refractivity contribution in [3.8, 4) is 102 Å². The molecule has 14 aromatic heterocycles. The SMILES string of the molecule is CC(C)(C)c1ccnc(-c2[c-]nc(C(C)(C)C)nc2)c1.CCCc1nc(-c2[c-]cccc2)n(C)n1.Cc1cc(-c2ccccn2)[n-]n1.Cc1cc(-c2ccccn2)[n-]n1.FC(F)(F)c1n[n-]c(-c2ccccn2)n1.Fc1c[c-]c(-c2ccccn2)c(F)c1.O=C(c1c(F)c[c-]c(-c2cc(CO)ccn2)c1F)C(F)(F)F.OCc1ccnc(-c2[c-]cc(F)cc2F)c1.[Ir].[Ir].[Ir].[Ir].[Ir].c1ccc(-c2nnn[n-]2)nc1. The van der Waals surface area contributed by atoms with E-state index in [9.17, 15) is 57.5 Å². The van der Waals surface area contributed by atoms with Gasteiger partial charge in [-0.3, -0.25) is 76.1 Å². The van der Waals surface area contributed by atoms with E-state index in [4.69, 9.17) is 10.2 Å². The molecule has 142 heavy (non-hydrogen) atoms. The van der Waals surface area contributed by atoms with Gasteiger partial charge in [-0.15, -0.1) is 72.3 Å². The number of hydrogen-bond acceptors (Lipinski definition) is 22. The molecule has 18 rings (SSSR count). The maximum atomic E-state index is 14.1. The minimum Gasteiger partial charge on any atom is -0.574 e. The molecule has 0 spiro atoms. The Morgan fingerprint density at radius 1 is 0.444 bits per heavy atom. The molecule has 749 valence electrons. The molecule has 0 aliphatic heterocycles. The van der Waals surface area contributed by atoms with E-state index in [2.05, 4.69) is 201 Å². The Morgan fingerprint density at radius 2 is 0.915 bits per heavy atom. The van der Waals surface area contributed by atoms with Gasteiger partial charge in [-0.1, -0.05) is 167 Å². The molecule has 0 bridgehead atoms. The molecule has 18 aromatic rings. The number of carbonyl (C=O) groups excluding carboxylic acids is 1. The average Bonchev–Trinajstić information content (AvgIpc) is 1.31. The van der Waals surface area contributed by atoms with Crippen molar-refractivity contribution in [3.63, 3.8) is 0 Å². The molecule has 0 fully saturated rings. The summed E-state index contributed by atoms with van der Waals surface area (Å²) in [6, 6.07) is 62.8. The number of carbonyl (C=O) groups is 1. The Balaban J connectivity index is 0.000000282. The third-order valence-electron chi connectivity index (χ3n) is 18.1. The van der Waals surface area contributed by atoms with Crippen molar-refractivity contribution < 1.29 is 168 Å². The fourth-order valence-corrected chi connectivity index (χ4v) is 11.4. The van der Waals surface area contributed by atoms with Gasteiger partial charge in [0.2, 0.25) is 0 Å². The number of halogens is 12. The molecular weight excluding hydrogens is 2750 g/mol. The monoisotopic (exact) mass is 2830 g/mol. The quantitative estimate of drug-likeness (QED) is 0.0580. The summed E-state index contributed by atoms with van der Waals surface area (Å²) in [5.41, 5.74) is 9.72. The molecule has 2 N–H and O–H groups in total. The van der Waals surface area contributed by atoms with Crippen molar-refractivity contribution in [2.45, 2.75) is 112 Å². The number of rotatable bonds is 14. The molecule has 5 radical (unpaired) electrons. The fraction of sp³-hybridized carbons (Fsp3) is 0.184. The van der Waals surface area contributed by atoms with E-state index >= 15 is 0 Å². The summed E-state index contributed by atoms with van der Waals surface area (Å²) in [4.78, 5) is 59.8. The van der Waals surface area contributed by atoms with Crippen LogP contribution in [0.5, 0.6) is 0 Å². The molecule has 27 nitrogen and oxygen atoms in total. The van der Waals surface area contributed by atoms with E-state index in [1.54, 1.807) is 67.3 Å². The van der Waals surface area contributed by atoms with Crippen LogP contribution in [0, 0.1) is 79.2 Å². The Kier molecular flexibility index (Phi) is 48.6. The topological polar surface area (TPSA) is 364 Å². The number of benzene rings is 4. The molecule has 0 saturated carbocycles. The van der Waals surface area contributed by atoms with Crippen molar-refractivity contribution in [3.05, 3.63) is 366 Å². The third kappa shape index (κ3) is 36.5. The van der Waals surface area contributed by atoms with E-state index in [0.29, 0.717) is 40.1 Å². The fourth-order valence-electron chi connectivity index (χ4n) is 11.4. The second kappa shape index (κ2) is 57.7. The molecule has 44 heteroatoms. The number of nitrogens with zero attached hydrogens (tertiary/aromatic N) is 24. The van der Waals surface area contributed by atoms with Crippen molar-refractivity contribution in [1.82, 2.24) is 121 Å². The number of alkyl halides is 6. The van der Waals surface area contributed by atoms with Gasteiger partial charge in [-0.2, -0.15) is 36.7 Å². The predicted octanol–water partition coefficient (Wildman–Crippen LogP) is 18.6. The number of Topliss-reactive ketones (excluding diaryl/α,β-unsaturated/α-hetero) is 1. The summed E-state index contributed by atoms with van der Waals surface area (Å²) in [6.07, 6.45) is 9.52. The summed E-state index contributed by atoms with van der Waals surface area (Å²) in [5, 5.41) is 58.3. The van der Waals surface area contributed by atoms with Gasteiger partial charge in [0.1, 0.15) is 11.6 Å². The zero-order valence-electron chi connectivity index (χ0n) is 76.2. The molecule has 14 heterocycles. The van der Waals surface area contributed by atoms with Gasteiger partial charge in [0.05, 0.1) is 47.9 Å². The molecule has 0 amide bonds. The number of hydrogen-bond donors (Lipinski definition) is 2. The third-order valence-corrected chi connectivity index (χ3v) is 18.1. The maximum Gasteiger partial charge on any atom is 0.453 e. The Bertz CT molecular complexity index is 6730. The Labute approximate surface area is 875 Å². The van der Waals surface area contributed by atoms with E-state index in [1.807, 2.05) is 129 Å². The number of aryl methyl sites for hydroxylation is 4. The number of aliphatic hydroxyl groups is 2. The van der Waals surface area contributed by atoms with E-state index in [0.717, 1.165) is 106 Å². The first-order valence-corrected chi connectivity index (χ1v) is 41.1.